The Labute approximate surface area is 220 Å². The van der Waals surface area contributed by atoms with Gasteiger partial charge in [0.1, 0.15) is 29.4 Å². The van der Waals surface area contributed by atoms with Gasteiger partial charge in [0, 0.05) is 11.8 Å². The van der Waals surface area contributed by atoms with Crippen LogP contribution >= 0.6 is 11.8 Å². The van der Waals surface area contributed by atoms with Gasteiger partial charge in [0.15, 0.2) is 0 Å². The number of rotatable bonds is 7. The van der Waals surface area contributed by atoms with Crippen LogP contribution in [-0.4, -0.2) is 80.0 Å². The second kappa shape index (κ2) is 10.1. The van der Waals surface area contributed by atoms with Gasteiger partial charge >= 0.3 is 18.0 Å². The number of carbonyl (C=O) groups excluding carboxylic acids is 4. The zero-order valence-corrected chi connectivity index (χ0v) is 20.9. The molecular weight excluding hydrogens is 516 g/mol. The molecule has 2 saturated heterocycles. The molecule has 0 spiro atoms. The van der Waals surface area contributed by atoms with Crippen LogP contribution < -0.4 is 16.1 Å². The smallest absolute Gasteiger partial charge is 0.352 e. The number of carbonyl (C=O) groups is 5. The molecule has 0 bridgehead atoms. The molecular formula is C24H24N6O7S. The van der Waals surface area contributed by atoms with E-state index in [2.05, 4.69) is 16.1 Å². The van der Waals surface area contributed by atoms with Crippen molar-refractivity contribution in [1.29, 1.82) is 0 Å². The van der Waals surface area contributed by atoms with Gasteiger partial charge in [0.05, 0.1) is 25.0 Å². The predicted molar refractivity (Wildman–Crippen MR) is 134 cm³/mol. The molecule has 0 saturated carbocycles. The van der Waals surface area contributed by atoms with Gasteiger partial charge in [-0.25, -0.2) is 24.3 Å². The fraction of sp³-hybridized carbons (Fsp3) is 0.292. The molecule has 3 aliphatic heterocycles. The number of hydrazine groups is 1. The van der Waals surface area contributed by atoms with Crippen molar-refractivity contribution in [2.45, 2.75) is 24.4 Å². The quantitative estimate of drug-likeness (QED) is 0.381. The van der Waals surface area contributed by atoms with Crippen molar-refractivity contribution in [2.75, 3.05) is 24.3 Å². The van der Waals surface area contributed by atoms with Crippen LogP contribution in [0.15, 0.2) is 64.6 Å². The van der Waals surface area contributed by atoms with E-state index in [0.717, 1.165) is 4.90 Å². The monoisotopic (exact) mass is 540 g/mol. The highest BCUT2D eigenvalue weighted by Crippen LogP contribution is 2.40. The maximum atomic E-state index is 13.4. The first kappa shape index (κ1) is 25.2. The molecule has 0 aliphatic carbocycles. The summed E-state index contributed by atoms with van der Waals surface area (Å²) in [6.45, 7) is 1.94. The van der Waals surface area contributed by atoms with Gasteiger partial charge in [-0.1, -0.05) is 30.3 Å². The van der Waals surface area contributed by atoms with E-state index >= 15 is 0 Å². The zero-order valence-electron chi connectivity index (χ0n) is 20.1. The van der Waals surface area contributed by atoms with Gasteiger partial charge in [-0.15, -0.1) is 11.8 Å². The van der Waals surface area contributed by atoms with Crippen LogP contribution in [0.5, 0.6) is 0 Å². The summed E-state index contributed by atoms with van der Waals surface area (Å²) in [5.74, 6) is -2.00. The third-order valence-corrected chi connectivity index (χ3v) is 7.79. The minimum Gasteiger partial charge on any atom is -0.477 e. The van der Waals surface area contributed by atoms with Crippen molar-refractivity contribution in [1.82, 2.24) is 25.4 Å². The molecule has 3 aliphatic rings. The number of carboxylic acid groups (broad SMARTS) is 1. The zero-order chi connectivity index (χ0) is 27.0. The second-order valence-corrected chi connectivity index (χ2v) is 9.94. The number of anilines is 1. The summed E-state index contributed by atoms with van der Waals surface area (Å²) in [6.07, 6.45) is 2.85. The van der Waals surface area contributed by atoms with Crippen LogP contribution in [0.1, 0.15) is 18.5 Å². The van der Waals surface area contributed by atoms with Crippen LogP contribution in [0.2, 0.25) is 0 Å². The molecule has 0 radical (unpaired) electrons. The van der Waals surface area contributed by atoms with E-state index in [1.165, 1.54) is 34.2 Å². The van der Waals surface area contributed by atoms with E-state index in [9.17, 15) is 29.1 Å². The van der Waals surface area contributed by atoms with E-state index in [4.69, 9.17) is 4.42 Å². The van der Waals surface area contributed by atoms with Crippen molar-refractivity contribution in [3.05, 3.63) is 65.8 Å². The summed E-state index contributed by atoms with van der Waals surface area (Å²) in [6, 6.07) is 6.48. The molecule has 3 atom stereocenters. The van der Waals surface area contributed by atoms with E-state index < -0.39 is 47.3 Å². The standard InChI is InChI=1S/C24H24N6O7S/c1-13-12-38-21-17(20(32)30(21)18(13)22(33)34)25-19(31)16(14-5-3-2-4-6-14)26-23(35)28-8-9-29(24(28)36)27-15-7-10-37-11-15/h2-7,10-11,16-17,21,27H,8-9,12H2,1H3,(H,25,31)(H,26,35)(H,33,34)/t16?,17?,21-/m0/s1. The third-order valence-electron chi connectivity index (χ3n) is 6.36. The summed E-state index contributed by atoms with van der Waals surface area (Å²) in [5, 5.41) is 15.5. The number of hydrogen-bond donors (Lipinski definition) is 4. The number of fused-ring (bicyclic) bond motifs is 1. The number of carboxylic acids is 1. The Morgan fingerprint density at radius 3 is 2.58 bits per heavy atom. The average Bonchev–Trinajstić information content (AvgIpc) is 3.55. The van der Waals surface area contributed by atoms with Gasteiger partial charge in [0.2, 0.25) is 5.91 Å². The van der Waals surface area contributed by atoms with Gasteiger partial charge in [-0.2, -0.15) is 0 Å². The number of thioether (sulfide) groups is 1. The van der Waals surface area contributed by atoms with Crippen LogP contribution in [-0.2, 0) is 14.4 Å². The van der Waals surface area contributed by atoms with Crippen molar-refractivity contribution in [3.8, 4) is 0 Å². The Bertz CT molecular complexity index is 1310. The highest BCUT2D eigenvalue weighted by atomic mass is 32.2. The Kier molecular flexibility index (Phi) is 6.72. The summed E-state index contributed by atoms with van der Waals surface area (Å²) in [5.41, 5.74) is 4.33. The van der Waals surface area contributed by atoms with Crippen molar-refractivity contribution in [3.63, 3.8) is 0 Å². The lowest BCUT2D eigenvalue weighted by molar-refractivity contribution is -0.151. The van der Waals surface area contributed by atoms with Crippen LogP contribution in [0.3, 0.4) is 0 Å². The number of hydrogen-bond acceptors (Lipinski definition) is 8. The summed E-state index contributed by atoms with van der Waals surface area (Å²) in [7, 11) is 0. The topological polar surface area (TPSA) is 165 Å². The maximum Gasteiger partial charge on any atom is 0.352 e. The first-order chi connectivity index (χ1) is 18.3. The lowest BCUT2D eigenvalue weighted by atomic mass is 10.0. The van der Waals surface area contributed by atoms with Crippen molar-refractivity contribution in [2.24, 2.45) is 0 Å². The van der Waals surface area contributed by atoms with Crippen molar-refractivity contribution < 1.29 is 33.5 Å². The highest BCUT2D eigenvalue weighted by Gasteiger charge is 2.54. The van der Waals surface area contributed by atoms with Gasteiger partial charge < -0.3 is 20.2 Å². The van der Waals surface area contributed by atoms with Gasteiger partial charge in [-0.3, -0.25) is 19.9 Å². The molecule has 5 rings (SSSR count). The first-order valence-corrected chi connectivity index (χ1v) is 12.7. The Morgan fingerprint density at radius 1 is 1.13 bits per heavy atom. The number of furan rings is 1. The number of β-lactam (4-membered cyclic amide) rings is 1. The lowest BCUT2D eigenvalue weighted by Gasteiger charge is -2.49. The molecule has 38 heavy (non-hydrogen) atoms. The van der Waals surface area contributed by atoms with E-state index in [-0.39, 0.29) is 18.8 Å². The van der Waals surface area contributed by atoms with E-state index in [0.29, 0.717) is 22.6 Å². The number of urea groups is 2. The molecule has 2 unspecified atom stereocenters. The molecule has 6 amide bonds. The van der Waals surface area contributed by atoms with Gasteiger partial charge in [-0.05, 0) is 18.1 Å². The lowest BCUT2D eigenvalue weighted by Crippen LogP contribution is -2.71. The predicted octanol–water partition coefficient (Wildman–Crippen LogP) is 1.55. The SMILES string of the molecule is CC1=C(C(=O)O)N2C(=O)C(NC(=O)C(NC(=O)N3CCN(Nc4ccoc4)C3=O)c3ccccc3)[C@@H]2SC1. The molecule has 4 N–H and O–H groups in total. The minimum atomic E-state index is -1.21. The normalized spacial score (nSPS) is 21.6. The summed E-state index contributed by atoms with van der Waals surface area (Å²) in [4.78, 5) is 65.9. The molecule has 1 aromatic heterocycles. The molecule has 2 aromatic rings. The molecule has 14 heteroatoms. The number of imide groups is 1. The number of nitrogens with zero attached hydrogens (tertiary/aromatic N) is 3. The number of benzene rings is 1. The Hall–Kier alpha value is -4.46. The largest absolute Gasteiger partial charge is 0.477 e. The third kappa shape index (κ3) is 4.53. The van der Waals surface area contributed by atoms with Crippen molar-refractivity contribution >= 4 is 47.3 Å². The van der Waals surface area contributed by atoms with Crippen LogP contribution in [0.4, 0.5) is 15.3 Å². The molecule has 4 heterocycles. The fourth-order valence-corrected chi connectivity index (χ4v) is 5.76. The summed E-state index contributed by atoms with van der Waals surface area (Å²) >= 11 is 1.35. The van der Waals surface area contributed by atoms with E-state index in [1.54, 1.807) is 43.3 Å². The highest BCUT2D eigenvalue weighted by molar-refractivity contribution is 8.00. The Morgan fingerprint density at radius 2 is 1.89 bits per heavy atom. The number of nitrogens with one attached hydrogen (secondary N) is 3. The maximum absolute atomic E-state index is 13.4. The first-order valence-electron chi connectivity index (χ1n) is 11.7. The molecule has 1 aromatic carbocycles. The molecule has 13 nitrogen and oxygen atoms in total. The molecule has 198 valence electrons. The second-order valence-electron chi connectivity index (χ2n) is 8.83. The fourth-order valence-electron chi connectivity index (χ4n) is 4.47. The van der Waals surface area contributed by atoms with Crippen LogP contribution in [0, 0.1) is 0 Å². The van der Waals surface area contributed by atoms with E-state index in [1.807, 2.05) is 0 Å². The molecule has 2 fully saturated rings. The number of aliphatic carboxylic acids is 1. The Balaban J connectivity index is 1.29. The summed E-state index contributed by atoms with van der Waals surface area (Å²) < 4.78 is 4.97. The number of amides is 6. The van der Waals surface area contributed by atoms with Crippen LogP contribution in [0.25, 0.3) is 0 Å². The van der Waals surface area contributed by atoms with Gasteiger partial charge in [0.25, 0.3) is 5.91 Å². The minimum absolute atomic E-state index is 0.0710. The average molecular weight is 541 g/mol.